The van der Waals surface area contributed by atoms with E-state index >= 15 is 0 Å². The van der Waals surface area contributed by atoms with Crippen molar-refractivity contribution < 1.29 is 4.79 Å². The van der Waals surface area contributed by atoms with Crippen molar-refractivity contribution in [1.29, 1.82) is 0 Å². The summed E-state index contributed by atoms with van der Waals surface area (Å²) in [6.45, 7) is 8.20. The molecule has 0 aliphatic rings. The van der Waals surface area contributed by atoms with Gasteiger partial charge in [-0.2, -0.15) is 5.10 Å². The fraction of sp³-hybridized carbons (Fsp3) is 0.333. The largest absolute Gasteiger partial charge is 0.272 e. The van der Waals surface area contributed by atoms with E-state index in [2.05, 4.69) is 36.5 Å². The zero-order valence-corrected chi connectivity index (χ0v) is 14.9. The van der Waals surface area contributed by atoms with Gasteiger partial charge >= 0.3 is 0 Å². The summed E-state index contributed by atoms with van der Waals surface area (Å²) >= 11 is 0. The maximum absolute atomic E-state index is 12.3. The molecule has 0 saturated carbocycles. The van der Waals surface area contributed by atoms with E-state index < -0.39 is 0 Å². The number of rotatable bonds is 6. The minimum atomic E-state index is -0.231. The zero-order valence-electron chi connectivity index (χ0n) is 14.9. The van der Waals surface area contributed by atoms with E-state index in [1.54, 1.807) is 0 Å². The molecule has 3 heteroatoms. The highest BCUT2D eigenvalue weighted by atomic mass is 16.2. The van der Waals surface area contributed by atoms with Crippen LogP contribution in [0.4, 0.5) is 0 Å². The van der Waals surface area contributed by atoms with Crippen LogP contribution in [0, 0.1) is 5.92 Å². The Labute approximate surface area is 144 Å². The van der Waals surface area contributed by atoms with Crippen LogP contribution in [0.3, 0.4) is 0 Å². The van der Waals surface area contributed by atoms with Crippen molar-refractivity contribution in [2.24, 2.45) is 11.0 Å². The molecule has 0 fully saturated rings. The van der Waals surface area contributed by atoms with Gasteiger partial charge in [-0.25, -0.2) is 5.43 Å². The van der Waals surface area contributed by atoms with Crippen molar-refractivity contribution in [3.05, 3.63) is 71.3 Å². The summed E-state index contributed by atoms with van der Waals surface area (Å²) in [5, 5.41) is 4.21. The number of carbonyl (C=O) groups excluding carboxylic acids is 1. The van der Waals surface area contributed by atoms with Crippen molar-refractivity contribution in [3.63, 3.8) is 0 Å². The topological polar surface area (TPSA) is 41.5 Å². The molecule has 2 rings (SSSR count). The Morgan fingerprint density at radius 1 is 1.00 bits per heavy atom. The molecule has 0 heterocycles. The lowest BCUT2D eigenvalue weighted by Gasteiger charge is -2.12. The first-order valence-corrected chi connectivity index (χ1v) is 8.45. The Hall–Kier alpha value is -2.42. The van der Waals surface area contributed by atoms with Gasteiger partial charge in [0.25, 0.3) is 0 Å². The first kappa shape index (κ1) is 17.9. The minimum Gasteiger partial charge on any atom is -0.272 e. The Balaban J connectivity index is 1.99. The van der Waals surface area contributed by atoms with Crippen LogP contribution in [-0.4, -0.2) is 11.6 Å². The van der Waals surface area contributed by atoms with Gasteiger partial charge in [0.05, 0.1) is 11.6 Å². The van der Waals surface area contributed by atoms with Gasteiger partial charge in [0.1, 0.15) is 0 Å². The summed E-state index contributed by atoms with van der Waals surface area (Å²) < 4.78 is 0. The highest BCUT2D eigenvalue weighted by Crippen LogP contribution is 2.17. The van der Waals surface area contributed by atoms with E-state index in [0.717, 1.165) is 23.3 Å². The number of nitrogens with one attached hydrogen (secondary N) is 1. The molecular formula is C21H26N2O. The average molecular weight is 322 g/mol. The number of hydrogen-bond acceptors (Lipinski definition) is 2. The molecule has 2 aromatic rings. The molecule has 0 saturated heterocycles. The van der Waals surface area contributed by atoms with E-state index in [1.807, 2.05) is 56.3 Å². The van der Waals surface area contributed by atoms with Gasteiger partial charge in [-0.3, -0.25) is 4.79 Å². The van der Waals surface area contributed by atoms with E-state index in [9.17, 15) is 4.79 Å². The number of hydrogen-bond donors (Lipinski definition) is 1. The standard InChI is InChI=1S/C21H26N2O/c1-15(2)14-18-10-12-19(13-11-18)16(3)21(24)23-22-17(4)20-8-6-5-7-9-20/h5-13,15-16H,14H2,1-4H3,(H,23,24). The molecule has 0 aromatic heterocycles. The van der Waals surface area contributed by atoms with Crippen LogP contribution in [0.15, 0.2) is 59.7 Å². The molecule has 1 atom stereocenters. The Bertz CT molecular complexity index is 688. The van der Waals surface area contributed by atoms with E-state index in [0.29, 0.717) is 5.92 Å². The van der Waals surface area contributed by atoms with Crippen molar-refractivity contribution >= 4 is 11.6 Å². The molecule has 1 amide bonds. The van der Waals surface area contributed by atoms with Crippen molar-refractivity contribution in [1.82, 2.24) is 5.43 Å². The van der Waals surface area contributed by atoms with Gasteiger partial charge in [-0.15, -0.1) is 0 Å². The highest BCUT2D eigenvalue weighted by molar-refractivity contribution is 5.99. The maximum Gasteiger partial charge on any atom is 0.247 e. The molecule has 1 N–H and O–H groups in total. The summed E-state index contributed by atoms with van der Waals surface area (Å²) in [5.74, 6) is 0.305. The smallest absolute Gasteiger partial charge is 0.247 e. The lowest BCUT2D eigenvalue weighted by molar-refractivity contribution is -0.122. The fourth-order valence-corrected chi connectivity index (χ4v) is 2.54. The highest BCUT2D eigenvalue weighted by Gasteiger charge is 2.15. The Morgan fingerprint density at radius 3 is 2.21 bits per heavy atom. The molecule has 2 aromatic carbocycles. The third-order valence-corrected chi connectivity index (χ3v) is 4.04. The van der Waals surface area contributed by atoms with Crippen LogP contribution in [0.1, 0.15) is 50.3 Å². The molecule has 0 radical (unpaired) electrons. The predicted molar refractivity (Wildman–Crippen MR) is 100 cm³/mol. The van der Waals surface area contributed by atoms with Gasteiger partial charge in [-0.05, 0) is 42.9 Å². The average Bonchev–Trinajstić information content (AvgIpc) is 2.59. The number of hydrazone groups is 1. The SMILES string of the molecule is CC(=NNC(=O)C(C)c1ccc(CC(C)C)cc1)c1ccccc1. The summed E-state index contributed by atoms with van der Waals surface area (Å²) in [6.07, 6.45) is 1.06. The predicted octanol–water partition coefficient (Wildman–Crippen LogP) is 4.53. The summed E-state index contributed by atoms with van der Waals surface area (Å²) in [7, 11) is 0. The van der Waals surface area contributed by atoms with Crippen LogP contribution >= 0.6 is 0 Å². The van der Waals surface area contributed by atoms with Crippen LogP contribution in [0.2, 0.25) is 0 Å². The molecular weight excluding hydrogens is 296 g/mol. The second-order valence-electron chi connectivity index (χ2n) is 6.60. The molecule has 3 nitrogen and oxygen atoms in total. The molecule has 1 unspecified atom stereocenters. The first-order chi connectivity index (χ1) is 11.5. The van der Waals surface area contributed by atoms with Crippen LogP contribution in [0.25, 0.3) is 0 Å². The summed E-state index contributed by atoms with van der Waals surface area (Å²) in [5.41, 5.74) is 6.79. The minimum absolute atomic E-state index is 0.0955. The third-order valence-electron chi connectivity index (χ3n) is 4.04. The molecule has 0 aliphatic heterocycles. The van der Waals surface area contributed by atoms with Gasteiger partial charge in [-0.1, -0.05) is 68.4 Å². The van der Waals surface area contributed by atoms with Gasteiger partial charge in [0.2, 0.25) is 5.91 Å². The molecule has 24 heavy (non-hydrogen) atoms. The van der Waals surface area contributed by atoms with Crippen molar-refractivity contribution in [2.75, 3.05) is 0 Å². The maximum atomic E-state index is 12.3. The third kappa shape index (κ3) is 5.05. The second kappa shape index (κ2) is 8.44. The van der Waals surface area contributed by atoms with E-state index in [-0.39, 0.29) is 11.8 Å². The van der Waals surface area contributed by atoms with Gasteiger partial charge in [0.15, 0.2) is 0 Å². The monoisotopic (exact) mass is 322 g/mol. The van der Waals surface area contributed by atoms with Gasteiger partial charge < -0.3 is 0 Å². The molecule has 0 aliphatic carbocycles. The normalized spacial score (nSPS) is 13.0. The number of amides is 1. The fourth-order valence-electron chi connectivity index (χ4n) is 2.54. The van der Waals surface area contributed by atoms with Gasteiger partial charge in [0, 0.05) is 0 Å². The van der Waals surface area contributed by atoms with Crippen molar-refractivity contribution in [2.45, 2.75) is 40.0 Å². The van der Waals surface area contributed by atoms with E-state index in [4.69, 9.17) is 0 Å². The quantitative estimate of drug-likeness (QED) is 0.616. The lowest BCUT2D eigenvalue weighted by Crippen LogP contribution is -2.24. The second-order valence-corrected chi connectivity index (χ2v) is 6.60. The number of nitrogens with zero attached hydrogens (tertiary/aromatic N) is 1. The number of benzene rings is 2. The zero-order chi connectivity index (χ0) is 17.5. The Kier molecular flexibility index (Phi) is 6.30. The first-order valence-electron chi connectivity index (χ1n) is 8.45. The summed E-state index contributed by atoms with van der Waals surface area (Å²) in [6, 6.07) is 18.1. The van der Waals surface area contributed by atoms with Crippen LogP contribution in [-0.2, 0) is 11.2 Å². The molecule has 126 valence electrons. The lowest BCUT2D eigenvalue weighted by atomic mass is 9.96. The molecule has 0 bridgehead atoms. The molecule has 0 spiro atoms. The van der Waals surface area contributed by atoms with Crippen molar-refractivity contribution in [3.8, 4) is 0 Å². The van der Waals surface area contributed by atoms with Crippen LogP contribution in [0.5, 0.6) is 0 Å². The number of carbonyl (C=O) groups is 1. The van der Waals surface area contributed by atoms with Crippen LogP contribution < -0.4 is 5.43 Å². The Morgan fingerprint density at radius 2 is 1.62 bits per heavy atom. The summed E-state index contributed by atoms with van der Waals surface area (Å²) in [4.78, 5) is 12.3. The van der Waals surface area contributed by atoms with E-state index in [1.165, 1.54) is 5.56 Å².